The zero-order valence-corrected chi connectivity index (χ0v) is 41.7. The number of carbonyl (C=O) groups excluding carboxylic acids is 2. The minimum absolute atomic E-state index is 0.336. The lowest BCUT2D eigenvalue weighted by molar-refractivity contribution is 0.261. The summed E-state index contributed by atoms with van der Waals surface area (Å²) in [4.78, 5) is 27.4. The first-order valence-electron chi connectivity index (χ1n) is 25.7. The molecule has 0 unspecified atom stereocenters. The Hall–Kier alpha value is -6.94. The van der Waals surface area contributed by atoms with Crippen LogP contribution in [0.15, 0.2) is 121 Å². The second kappa shape index (κ2) is 26.7. The zero-order chi connectivity index (χ0) is 48.9. The molecule has 0 saturated carbocycles. The molecule has 0 spiro atoms. The summed E-state index contributed by atoms with van der Waals surface area (Å²) in [5.74, 6) is 3.24. The van der Waals surface area contributed by atoms with Crippen molar-refractivity contribution in [3.8, 4) is 23.0 Å². The largest absolute Gasteiger partial charge is 0.493 e. The zero-order valence-electron chi connectivity index (χ0n) is 41.7. The maximum Gasteiger partial charge on any atom is 0.323 e. The average Bonchev–Trinajstić information content (AvgIpc) is 3.35. The summed E-state index contributed by atoms with van der Waals surface area (Å²) in [6.07, 6.45) is 12.1. The Morgan fingerprint density at radius 1 is 0.343 bits per heavy atom. The minimum Gasteiger partial charge on any atom is -0.493 e. The number of unbranched alkanes of at least 4 members (excludes halogenated alkanes) is 6. The number of rotatable bonds is 22. The fraction of sp³-hybridized carbons (Fsp3) is 0.367. The van der Waals surface area contributed by atoms with Gasteiger partial charge in [0.2, 0.25) is 0 Å². The van der Waals surface area contributed by atoms with Crippen molar-refractivity contribution in [3.05, 3.63) is 166 Å². The van der Waals surface area contributed by atoms with E-state index < -0.39 is 0 Å². The number of amides is 4. The summed E-state index contributed by atoms with van der Waals surface area (Å²) < 4.78 is 27.4. The number of fused-ring (bicyclic) bond motifs is 8. The van der Waals surface area contributed by atoms with E-state index in [2.05, 4.69) is 85.4 Å². The van der Waals surface area contributed by atoms with Crippen molar-refractivity contribution in [2.75, 3.05) is 47.7 Å². The third-order valence-corrected chi connectivity index (χ3v) is 12.3. The van der Waals surface area contributed by atoms with E-state index >= 15 is 0 Å². The lowest BCUT2D eigenvalue weighted by atomic mass is 9.90. The van der Waals surface area contributed by atoms with E-state index in [0.717, 1.165) is 132 Å². The standard InChI is InChI=1S/C60H72N4O6/c1-5-9-11-19-33-69-57-47-35-43-23-21-25-45(55(43)67-31-7-3)37-49-41-54(64-60(66)62-52-29-17-14-18-30-52)42-50(58(49)70-34-20-12-10-6-2)38-46-26-22-24-44(56(46)68-32-8-4)36-48(57)40-53(39-47)63-59(65)61-51-27-15-13-16-28-51/h13-18,21-30,39-42H,5-12,19-20,31-38H2,1-4H3,(H2,61,63,65)(H2,62,64,66). The number of para-hydroxylation sites is 4. The van der Waals surface area contributed by atoms with Gasteiger partial charge >= 0.3 is 12.1 Å². The number of benzene rings is 6. The Labute approximate surface area is 415 Å². The molecule has 0 fully saturated rings. The molecule has 0 saturated heterocycles. The van der Waals surface area contributed by atoms with Crippen LogP contribution >= 0.6 is 0 Å². The Bertz CT molecular complexity index is 2350. The summed E-state index contributed by atoms with van der Waals surface area (Å²) >= 11 is 0. The van der Waals surface area contributed by atoms with E-state index in [1.54, 1.807) is 0 Å². The smallest absolute Gasteiger partial charge is 0.323 e. The molecule has 8 bridgehead atoms. The lowest BCUT2D eigenvalue weighted by Gasteiger charge is -2.24. The molecule has 7 rings (SSSR count). The van der Waals surface area contributed by atoms with Crippen molar-refractivity contribution < 1.29 is 28.5 Å². The highest BCUT2D eigenvalue weighted by atomic mass is 16.5. The molecule has 0 atom stereocenters. The Balaban J connectivity index is 1.41. The average molecular weight is 945 g/mol. The van der Waals surface area contributed by atoms with E-state index in [1.165, 1.54) is 0 Å². The highest BCUT2D eigenvalue weighted by molar-refractivity contribution is 6.00. The van der Waals surface area contributed by atoms with Crippen LogP contribution in [0.1, 0.15) is 136 Å². The van der Waals surface area contributed by atoms with Gasteiger partial charge in [-0.1, -0.05) is 139 Å². The molecule has 0 aliphatic heterocycles. The maximum absolute atomic E-state index is 13.7. The van der Waals surface area contributed by atoms with Crippen molar-refractivity contribution in [2.45, 2.75) is 118 Å². The molecule has 1 aliphatic carbocycles. The summed E-state index contributed by atoms with van der Waals surface area (Å²) in [5, 5.41) is 12.3. The molecule has 4 amide bonds. The van der Waals surface area contributed by atoms with E-state index in [9.17, 15) is 9.59 Å². The second-order valence-corrected chi connectivity index (χ2v) is 18.2. The summed E-state index contributed by atoms with van der Waals surface area (Å²) in [6, 6.07) is 39.2. The van der Waals surface area contributed by atoms with Crippen LogP contribution < -0.4 is 40.2 Å². The van der Waals surface area contributed by atoms with Gasteiger partial charge in [-0.2, -0.15) is 0 Å². The molecule has 0 radical (unpaired) electrons. The minimum atomic E-state index is -0.336. The van der Waals surface area contributed by atoms with Crippen LogP contribution in [-0.2, 0) is 25.7 Å². The Morgan fingerprint density at radius 2 is 0.657 bits per heavy atom. The van der Waals surface area contributed by atoms with Gasteiger partial charge in [0.15, 0.2) is 0 Å². The summed E-state index contributed by atoms with van der Waals surface area (Å²) in [6.45, 7) is 10.9. The van der Waals surface area contributed by atoms with Crippen LogP contribution in [0.5, 0.6) is 23.0 Å². The quantitative estimate of drug-likeness (QED) is 0.0503. The third-order valence-electron chi connectivity index (χ3n) is 12.3. The number of ether oxygens (including phenoxy) is 4. The predicted octanol–water partition coefficient (Wildman–Crippen LogP) is 15.1. The van der Waals surface area contributed by atoms with Crippen LogP contribution in [0.25, 0.3) is 0 Å². The molecule has 70 heavy (non-hydrogen) atoms. The first-order valence-corrected chi connectivity index (χ1v) is 25.7. The molecule has 10 heteroatoms. The van der Waals surface area contributed by atoms with Gasteiger partial charge in [0.1, 0.15) is 23.0 Å². The fourth-order valence-corrected chi connectivity index (χ4v) is 9.02. The normalized spacial score (nSPS) is 11.8. The Kier molecular flexibility index (Phi) is 19.4. The number of hydrogen-bond donors (Lipinski definition) is 4. The first-order chi connectivity index (χ1) is 34.3. The second-order valence-electron chi connectivity index (χ2n) is 18.2. The highest BCUT2D eigenvalue weighted by Gasteiger charge is 2.24. The van der Waals surface area contributed by atoms with E-state index in [-0.39, 0.29) is 12.1 Å². The molecule has 1 aliphatic rings. The van der Waals surface area contributed by atoms with Crippen molar-refractivity contribution in [2.24, 2.45) is 0 Å². The van der Waals surface area contributed by atoms with E-state index in [1.807, 2.05) is 84.9 Å². The van der Waals surface area contributed by atoms with Crippen molar-refractivity contribution >= 4 is 34.8 Å². The lowest BCUT2D eigenvalue weighted by Crippen LogP contribution is -2.20. The van der Waals surface area contributed by atoms with Crippen LogP contribution in [0.2, 0.25) is 0 Å². The van der Waals surface area contributed by atoms with Crippen LogP contribution in [-0.4, -0.2) is 38.5 Å². The molecule has 4 N–H and O–H groups in total. The molecule has 6 aromatic rings. The van der Waals surface area contributed by atoms with Gasteiger partial charge < -0.3 is 40.2 Å². The molecular formula is C60H72N4O6. The number of anilines is 4. The van der Waals surface area contributed by atoms with Crippen molar-refractivity contribution in [1.29, 1.82) is 0 Å². The van der Waals surface area contributed by atoms with Gasteiger partial charge in [-0.05, 0) is 96.5 Å². The monoisotopic (exact) mass is 945 g/mol. The predicted molar refractivity (Wildman–Crippen MR) is 286 cm³/mol. The van der Waals surface area contributed by atoms with Crippen LogP contribution in [0, 0.1) is 0 Å². The summed E-state index contributed by atoms with van der Waals surface area (Å²) in [7, 11) is 0. The molecule has 6 aromatic carbocycles. The van der Waals surface area contributed by atoms with Gasteiger partial charge in [-0.3, -0.25) is 0 Å². The SMILES string of the molecule is CCCCCCOc1c2cc(NC(=O)Nc3ccccc3)cc1Cc1cccc(c1OCCC)Cc1cc(NC(=O)Nc3ccccc3)cc(c1OCCCCCC)Cc1cccc(c1OCCC)C2. The molecule has 368 valence electrons. The van der Waals surface area contributed by atoms with Gasteiger partial charge in [0.25, 0.3) is 0 Å². The Morgan fingerprint density at radius 3 is 0.986 bits per heavy atom. The van der Waals surface area contributed by atoms with Crippen molar-refractivity contribution in [1.82, 2.24) is 0 Å². The van der Waals surface area contributed by atoms with Gasteiger partial charge in [0, 0.05) is 70.7 Å². The number of urea groups is 2. The highest BCUT2D eigenvalue weighted by Crippen LogP contribution is 2.41. The topological polar surface area (TPSA) is 119 Å². The molecular weight excluding hydrogens is 873 g/mol. The molecule has 0 heterocycles. The number of carbonyl (C=O) groups is 2. The third kappa shape index (κ3) is 14.5. The molecule has 10 nitrogen and oxygen atoms in total. The maximum atomic E-state index is 13.7. The van der Waals surface area contributed by atoms with Crippen LogP contribution in [0.3, 0.4) is 0 Å². The number of hydrogen-bond acceptors (Lipinski definition) is 6. The first kappa shape index (κ1) is 50.9. The van der Waals surface area contributed by atoms with Crippen molar-refractivity contribution in [3.63, 3.8) is 0 Å². The number of nitrogens with one attached hydrogen (secondary N) is 4. The van der Waals surface area contributed by atoms with Crippen LogP contribution in [0.4, 0.5) is 32.3 Å². The van der Waals surface area contributed by atoms with Gasteiger partial charge in [0.05, 0.1) is 26.4 Å². The fourth-order valence-electron chi connectivity index (χ4n) is 9.02. The van der Waals surface area contributed by atoms with E-state index in [4.69, 9.17) is 18.9 Å². The summed E-state index contributed by atoms with van der Waals surface area (Å²) in [5.41, 5.74) is 10.5. The van der Waals surface area contributed by atoms with Gasteiger partial charge in [-0.25, -0.2) is 9.59 Å². The molecule has 0 aromatic heterocycles. The van der Waals surface area contributed by atoms with Gasteiger partial charge in [-0.15, -0.1) is 0 Å². The van der Waals surface area contributed by atoms with E-state index in [0.29, 0.717) is 74.9 Å².